The Hall–Kier alpha value is -2.28. The second kappa shape index (κ2) is 4.49. The summed E-state index contributed by atoms with van der Waals surface area (Å²) in [5.41, 5.74) is 3.81. The summed E-state index contributed by atoms with van der Waals surface area (Å²) in [7, 11) is 0. The summed E-state index contributed by atoms with van der Waals surface area (Å²) in [6.07, 6.45) is 3.63. The van der Waals surface area contributed by atoms with Gasteiger partial charge in [-0.2, -0.15) is 10.4 Å². The molecule has 0 unspecified atom stereocenters. The van der Waals surface area contributed by atoms with Gasteiger partial charge in [0.05, 0.1) is 17.8 Å². The molecule has 1 aromatic carbocycles. The maximum Gasteiger partial charge on any atom is 0.0994 e. The minimum absolute atomic E-state index is 0.717. The fourth-order valence-electron chi connectivity index (χ4n) is 1.48. The summed E-state index contributed by atoms with van der Waals surface area (Å²) in [6, 6.07) is 7.86. The van der Waals surface area contributed by atoms with Gasteiger partial charge in [0.15, 0.2) is 0 Å². The molecule has 0 saturated carbocycles. The van der Waals surface area contributed by atoms with E-state index in [0.717, 1.165) is 23.4 Å². The van der Waals surface area contributed by atoms with Crippen LogP contribution in [0, 0.1) is 18.3 Å². The Labute approximate surface area is 93.9 Å². The molecular formula is C12H12N4. The Kier molecular flexibility index (Phi) is 2.88. The molecule has 0 bridgehead atoms. The van der Waals surface area contributed by atoms with E-state index < -0.39 is 0 Å². The van der Waals surface area contributed by atoms with E-state index in [4.69, 9.17) is 5.26 Å². The molecule has 0 aliphatic heterocycles. The smallest absolute Gasteiger partial charge is 0.0994 e. The number of benzene rings is 1. The lowest BCUT2D eigenvalue weighted by Gasteiger charge is -2.06. The number of nitrogens with zero attached hydrogens (tertiary/aromatic N) is 2. The zero-order chi connectivity index (χ0) is 11.4. The van der Waals surface area contributed by atoms with Crippen molar-refractivity contribution < 1.29 is 0 Å². The molecule has 4 nitrogen and oxygen atoms in total. The minimum Gasteiger partial charge on any atom is -0.381 e. The molecule has 2 N–H and O–H groups in total. The van der Waals surface area contributed by atoms with Crippen LogP contribution in [-0.2, 0) is 6.54 Å². The van der Waals surface area contributed by atoms with Crippen LogP contribution < -0.4 is 5.32 Å². The molecule has 0 aliphatic carbocycles. The van der Waals surface area contributed by atoms with E-state index in [1.54, 1.807) is 6.20 Å². The van der Waals surface area contributed by atoms with Crippen LogP contribution in [-0.4, -0.2) is 10.2 Å². The van der Waals surface area contributed by atoms with Crippen molar-refractivity contribution in [2.24, 2.45) is 0 Å². The minimum atomic E-state index is 0.717. The number of hydrogen-bond donors (Lipinski definition) is 2. The van der Waals surface area contributed by atoms with Crippen molar-refractivity contribution in [3.05, 3.63) is 47.3 Å². The molecule has 2 aromatic rings. The van der Waals surface area contributed by atoms with Crippen LogP contribution in [0.5, 0.6) is 0 Å². The van der Waals surface area contributed by atoms with E-state index in [9.17, 15) is 0 Å². The van der Waals surface area contributed by atoms with Crippen LogP contribution in [0.1, 0.15) is 16.7 Å². The lowest BCUT2D eigenvalue weighted by atomic mass is 10.1. The van der Waals surface area contributed by atoms with Crippen LogP contribution in [0.4, 0.5) is 5.69 Å². The van der Waals surface area contributed by atoms with Gasteiger partial charge in [0.25, 0.3) is 0 Å². The maximum absolute atomic E-state index is 8.81. The summed E-state index contributed by atoms with van der Waals surface area (Å²) >= 11 is 0. The van der Waals surface area contributed by atoms with E-state index in [0.29, 0.717) is 5.56 Å². The number of aryl methyl sites for hydroxylation is 1. The maximum atomic E-state index is 8.81. The van der Waals surface area contributed by atoms with Crippen molar-refractivity contribution in [3.8, 4) is 6.07 Å². The highest BCUT2D eigenvalue weighted by atomic mass is 15.1. The van der Waals surface area contributed by atoms with Gasteiger partial charge in [-0.1, -0.05) is 0 Å². The van der Waals surface area contributed by atoms with Crippen molar-refractivity contribution in [2.75, 3.05) is 5.32 Å². The predicted molar refractivity (Wildman–Crippen MR) is 61.8 cm³/mol. The second-order valence-electron chi connectivity index (χ2n) is 3.60. The Morgan fingerprint density at radius 1 is 1.50 bits per heavy atom. The first-order valence-corrected chi connectivity index (χ1v) is 5.02. The Morgan fingerprint density at radius 3 is 3.00 bits per heavy atom. The van der Waals surface area contributed by atoms with Crippen LogP contribution in [0.15, 0.2) is 30.6 Å². The first-order valence-electron chi connectivity index (χ1n) is 5.02. The normalized spacial score (nSPS) is 9.75. The van der Waals surface area contributed by atoms with Crippen molar-refractivity contribution in [3.63, 3.8) is 0 Å². The number of nitrogens with one attached hydrogen (secondary N) is 2. The molecule has 4 heteroatoms. The highest BCUT2D eigenvalue weighted by Gasteiger charge is 1.99. The van der Waals surface area contributed by atoms with Crippen LogP contribution >= 0.6 is 0 Å². The van der Waals surface area contributed by atoms with Crippen LogP contribution in [0.2, 0.25) is 0 Å². The summed E-state index contributed by atoms with van der Waals surface area (Å²) in [4.78, 5) is 0. The van der Waals surface area contributed by atoms with Gasteiger partial charge < -0.3 is 5.32 Å². The quantitative estimate of drug-likeness (QED) is 0.819. The molecule has 2 rings (SSSR count). The molecule has 1 aromatic heterocycles. The third-order valence-electron chi connectivity index (χ3n) is 2.40. The van der Waals surface area contributed by atoms with E-state index in [-0.39, 0.29) is 0 Å². The van der Waals surface area contributed by atoms with Crippen molar-refractivity contribution >= 4 is 5.69 Å². The van der Waals surface area contributed by atoms with E-state index in [1.165, 1.54) is 0 Å². The molecule has 0 saturated heterocycles. The largest absolute Gasteiger partial charge is 0.381 e. The molecule has 0 atom stereocenters. The molecule has 16 heavy (non-hydrogen) atoms. The van der Waals surface area contributed by atoms with Gasteiger partial charge in [0.1, 0.15) is 0 Å². The molecule has 0 amide bonds. The van der Waals surface area contributed by atoms with Gasteiger partial charge in [-0.05, 0) is 30.7 Å². The summed E-state index contributed by atoms with van der Waals surface area (Å²) in [5.74, 6) is 0. The molecule has 0 aliphatic rings. The van der Waals surface area contributed by atoms with Crippen molar-refractivity contribution in [2.45, 2.75) is 13.5 Å². The van der Waals surface area contributed by atoms with Crippen LogP contribution in [0.3, 0.4) is 0 Å². The number of nitriles is 1. The van der Waals surface area contributed by atoms with Gasteiger partial charge in [-0.25, -0.2) is 0 Å². The van der Waals surface area contributed by atoms with Crippen molar-refractivity contribution in [1.82, 2.24) is 10.2 Å². The third-order valence-corrected chi connectivity index (χ3v) is 2.40. The standard InChI is InChI=1S/C12H12N4/c1-9-4-12(3-2-11(9)5-13)14-6-10-7-15-16-8-10/h2-4,7-8,14H,6H2,1H3,(H,15,16). The molecule has 0 fully saturated rings. The highest BCUT2D eigenvalue weighted by molar-refractivity contribution is 5.51. The predicted octanol–water partition coefficient (Wildman–Crippen LogP) is 2.20. The number of rotatable bonds is 3. The lowest BCUT2D eigenvalue weighted by Crippen LogP contribution is -1.98. The lowest BCUT2D eigenvalue weighted by molar-refractivity contribution is 1.09. The van der Waals surface area contributed by atoms with Crippen molar-refractivity contribution in [1.29, 1.82) is 5.26 Å². The Bertz CT molecular complexity index is 508. The average Bonchev–Trinajstić information content (AvgIpc) is 2.79. The van der Waals surface area contributed by atoms with Gasteiger partial charge >= 0.3 is 0 Å². The molecular weight excluding hydrogens is 200 g/mol. The number of H-pyrrole nitrogens is 1. The summed E-state index contributed by atoms with van der Waals surface area (Å²) in [6.45, 7) is 2.66. The SMILES string of the molecule is Cc1cc(NCc2cn[nH]c2)ccc1C#N. The number of aromatic nitrogens is 2. The van der Waals surface area contributed by atoms with Gasteiger partial charge in [0.2, 0.25) is 0 Å². The summed E-state index contributed by atoms with van der Waals surface area (Å²) in [5, 5.41) is 18.7. The van der Waals surface area contributed by atoms with Gasteiger partial charge in [-0.3, -0.25) is 5.10 Å². The summed E-state index contributed by atoms with van der Waals surface area (Å²) < 4.78 is 0. The number of anilines is 1. The number of hydrogen-bond acceptors (Lipinski definition) is 3. The Balaban J connectivity index is 2.06. The van der Waals surface area contributed by atoms with Crippen LogP contribution in [0.25, 0.3) is 0 Å². The first-order chi connectivity index (χ1) is 7.79. The zero-order valence-corrected chi connectivity index (χ0v) is 8.99. The second-order valence-corrected chi connectivity index (χ2v) is 3.60. The fraction of sp³-hybridized carbons (Fsp3) is 0.167. The topological polar surface area (TPSA) is 64.5 Å². The molecule has 80 valence electrons. The van der Waals surface area contributed by atoms with Gasteiger partial charge in [0, 0.05) is 24.0 Å². The molecule has 0 radical (unpaired) electrons. The van der Waals surface area contributed by atoms with Gasteiger partial charge in [-0.15, -0.1) is 0 Å². The average molecular weight is 212 g/mol. The van der Waals surface area contributed by atoms with E-state index in [2.05, 4.69) is 21.6 Å². The Morgan fingerprint density at radius 2 is 2.38 bits per heavy atom. The molecule has 1 heterocycles. The van der Waals surface area contributed by atoms with E-state index in [1.807, 2.05) is 31.3 Å². The fourth-order valence-corrected chi connectivity index (χ4v) is 1.48. The monoisotopic (exact) mass is 212 g/mol. The third kappa shape index (κ3) is 2.20. The number of aromatic amines is 1. The highest BCUT2D eigenvalue weighted by Crippen LogP contribution is 2.15. The first kappa shape index (κ1) is 10.2. The van der Waals surface area contributed by atoms with E-state index >= 15 is 0 Å². The molecule has 0 spiro atoms. The zero-order valence-electron chi connectivity index (χ0n) is 8.99.